The van der Waals surface area contributed by atoms with Crippen molar-refractivity contribution in [3.05, 3.63) is 138 Å². The molecule has 2 N–H and O–H groups in total. The topological polar surface area (TPSA) is 104 Å². The van der Waals surface area contributed by atoms with Gasteiger partial charge in [0, 0.05) is 37.4 Å². The quantitative estimate of drug-likeness (QED) is 0.0809. The van der Waals surface area contributed by atoms with Gasteiger partial charge in [-0.2, -0.15) is 0 Å². The Balaban J connectivity index is 0.865. The van der Waals surface area contributed by atoms with Gasteiger partial charge in [0.2, 0.25) is 5.91 Å². The summed E-state index contributed by atoms with van der Waals surface area (Å²) in [5.74, 6) is 1.80. The van der Waals surface area contributed by atoms with Gasteiger partial charge in [-0.3, -0.25) is 14.5 Å². The second-order valence-electron chi connectivity index (χ2n) is 16.0. The third-order valence-electron chi connectivity index (χ3n) is 12.1. The van der Waals surface area contributed by atoms with Crippen molar-refractivity contribution in [3.8, 4) is 33.6 Å². The number of imidazole rings is 2. The number of alkyl halides is 1. The number of hydrogen-bond acceptors (Lipinski definition) is 6. The lowest BCUT2D eigenvalue weighted by Crippen LogP contribution is -2.46. The monoisotopic (exact) mass is 884 g/mol. The molecule has 5 heterocycles. The summed E-state index contributed by atoms with van der Waals surface area (Å²) in [6, 6.07) is 34.7. The maximum atomic E-state index is 14.1. The minimum Gasteiger partial charge on any atom is -0.372 e. The number of rotatable bonds is 10. The van der Waals surface area contributed by atoms with Gasteiger partial charge in [-0.1, -0.05) is 84.9 Å². The Morgan fingerprint density at radius 2 is 1.40 bits per heavy atom. The molecule has 0 aliphatic carbocycles. The third kappa shape index (κ3) is 7.34. The SMILES string of the molecule is CN(C)[C@@H](C(=O)N1CCC[C@]1(I)c1ncc(-c2ccc(-c3ccc(-c4cnc([C@@H]5CCCN5C(=O)c5cccc(N6CCCC6)c5)[nH]4)cc3)cc2)[nH]1)c1ccccc1. The molecule has 0 bridgehead atoms. The smallest absolute Gasteiger partial charge is 0.254 e. The number of likely N-dealkylation sites (tertiary alicyclic amines) is 2. The largest absolute Gasteiger partial charge is 0.372 e. The van der Waals surface area contributed by atoms with Crippen LogP contribution in [0.3, 0.4) is 0 Å². The van der Waals surface area contributed by atoms with Crippen LogP contribution in [0.25, 0.3) is 33.6 Å². The number of hydrogen-bond donors (Lipinski definition) is 2. The van der Waals surface area contributed by atoms with Crippen LogP contribution in [0.2, 0.25) is 0 Å². The Morgan fingerprint density at radius 3 is 2.09 bits per heavy atom. The molecular formula is C47H49IN8O2. The molecule has 6 aromatic rings. The first-order chi connectivity index (χ1) is 28.3. The molecule has 2 aromatic heterocycles. The molecule has 0 saturated carbocycles. The van der Waals surface area contributed by atoms with E-state index >= 15 is 0 Å². The summed E-state index contributed by atoms with van der Waals surface area (Å²) in [7, 11) is 3.92. The Labute approximate surface area is 353 Å². The summed E-state index contributed by atoms with van der Waals surface area (Å²) in [5, 5.41) is 0. The van der Waals surface area contributed by atoms with Gasteiger partial charge < -0.3 is 24.7 Å². The highest BCUT2D eigenvalue weighted by atomic mass is 127. The summed E-state index contributed by atoms with van der Waals surface area (Å²) in [6.07, 6.45) is 9.78. The predicted octanol–water partition coefficient (Wildman–Crippen LogP) is 9.22. The zero-order valence-electron chi connectivity index (χ0n) is 33.1. The zero-order chi connectivity index (χ0) is 39.8. The van der Waals surface area contributed by atoms with Crippen LogP contribution in [0.4, 0.5) is 5.69 Å². The molecule has 0 unspecified atom stereocenters. The third-order valence-corrected chi connectivity index (χ3v) is 13.7. The van der Waals surface area contributed by atoms with Crippen LogP contribution < -0.4 is 4.90 Å². The number of benzene rings is 4. The van der Waals surface area contributed by atoms with Gasteiger partial charge >= 0.3 is 0 Å². The fourth-order valence-corrected chi connectivity index (χ4v) is 10.2. The molecule has 58 heavy (non-hydrogen) atoms. The van der Waals surface area contributed by atoms with E-state index in [1.54, 1.807) is 0 Å². The highest BCUT2D eigenvalue weighted by Gasteiger charge is 2.47. The molecule has 3 fully saturated rings. The van der Waals surface area contributed by atoms with Gasteiger partial charge in [0.15, 0.2) is 3.55 Å². The molecule has 2 amide bonds. The van der Waals surface area contributed by atoms with Crippen LogP contribution in [0.5, 0.6) is 0 Å². The van der Waals surface area contributed by atoms with Crippen molar-refractivity contribution in [2.24, 2.45) is 0 Å². The molecule has 3 aliphatic heterocycles. The fraction of sp³-hybridized carbons (Fsp3) is 0.319. The predicted molar refractivity (Wildman–Crippen MR) is 237 cm³/mol. The van der Waals surface area contributed by atoms with Gasteiger partial charge in [0.05, 0.1) is 29.8 Å². The molecule has 0 spiro atoms. The zero-order valence-corrected chi connectivity index (χ0v) is 35.2. The molecule has 0 radical (unpaired) electrons. The number of H-pyrrole nitrogens is 2. The van der Waals surface area contributed by atoms with Gasteiger partial charge in [0.25, 0.3) is 5.91 Å². The van der Waals surface area contributed by atoms with Gasteiger partial charge in [0.1, 0.15) is 17.7 Å². The first kappa shape index (κ1) is 38.3. The van der Waals surface area contributed by atoms with Gasteiger partial charge in [-0.15, -0.1) is 0 Å². The normalized spacial score (nSPS) is 20.0. The maximum Gasteiger partial charge on any atom is 0.254 e. The molecule has 11 heteroatoms. The number of nitrogens with one attached hydrogen (secondary N) is 2. The molecule has 9 rings (SSSR count). The Hall–Kier alpha value is -5.27. The number of halogens is 1. The van der Waals surface area contributed by atoms with Crippen molar-refractivity contribution in [1.29, 1.82) is 0 Å². The summed E-state index contributed by atoms with van der Waals surface area (Å²) in [4.78, 5) is 53.0. The first-order valence-electron chi connectivity index (χ1n) is 20.5. The van der Waals surface area contributed by atoms with E-state index in [1.165, 1.54) is 12.8 Å². The van der Waals surface area contributed by atoms with E-state index < -0.39 is 3.55 Å². The van der Waals surface area contributed by atoms with E-state index in [0.717, 1.165) is 107 Å². The number of aromatic nitrogens is 4. The lowest BCUT2D eigenvalue weighted by atomic mass is 10.0. The number of carbonyl (C=O) groups excluding carboxylic acids is 2. The summed E-state index contributed by atoms with van der Waals surface area (Å²) in [6.45, 7) is 3.53. The van der Waals surface area contributed by atoms with Gasteiger partial charge in [-0.25, -0.2) is 9.97 Å². The Kier molecular flexibility index (Phi) is 10.7. The van der Waals surface area contributed by atoms with Crippen LogP contribution in [0, 0.1) is 0 Å². The summed E-state index contributed by atoms with van der Waals surface area (Å²) >= 11 is 2.43. The Bertz CT molecular complexity index is 2390. The molecule has 10 nitrogen and oxygen atoms in total. The van der Waals surface area contributed by atoms with Crippen molar-refractivity contribution in [2.75, 3.05) is 45.2 Å². The van der Waals surface area contributed by atoms with Crippen molar-refractivity contribution in [2.45, 2.75) is 54.2 Å². The van der Waals surface area contributed by atoms with Crippen LogP contribution in [0.1, 0.15) is 78.2 Å². The lowest BCUT2D eigenvalue weighted by Gasteiger charge is -2.36. The number of carbonyl (C=O) groups is 2. The van der Waals surface area contributed by atoms with Crippen molar-refractivity contribution >= 4 is 40.1 Å². The van der Waals surface area contributed by atoms with Crippen molar-refractivity contribution in [1.82, 2.24) is 34.6 Å². The molecule has 4 aromatic carbocycles. The van der Waals surface area contributed by atoms with Crippen LogP contribution >= 0.6 is 22.6 Å². The van der Waals surface area contributed by atoms with Crippen molar-refractivity contribution in [3.63, 3.8) is 0 Å². The second kappa shape index (κ2) is 16.2. The van der Waals surface area contributed by atoms with E-state index in [2.05, 4.69) is 98.1 Å². The average Bonchev–Trinajstić information content (AvgIpc) is 4.11. The second-order valence-corrected chi connectivity index (χ2v) is 17.8. The number of likely N-dealkylation sites (N-methyl/N-ethyl adjacent to an activating group) is 1. The molecule has 3 atom stereocenters. The Morgan fingerprint density at radius 1 is 0.741 bits per heavy atom. The number of nitrogens with zero attached hydrogens (tertiary/aromatic N) is 6. The minimum absolute atomic E-state index is 0.0718. The lowest BCUT2D eigenvalue weighted by molar-refractivity contribution is -0.138. The van der Waals surface area contributed by atoms with Gasteiger partial charge in [-0.05, 0) is 121 Å². The molecule has 296 valence electrons. The van der Waals surface area contributed by atoms with Crippen LogP contribution in [-0.4, -0.2) is 86.7 Å². The van der Waals surface area contributed by atoms with E-state index in [-0.39, 0.29) is 23.9 Å². The van der Waals surface area contributed by atoms with E-state index in [9.17, 15) is 9.59 Å². The first-order valence-corrected chi connectivity index (χ1v) is 21.5. The van der Waals surface area contributed by atoms with Crippen LogP contribution in [-0.2, 0) is 8.34 Å². The minimum atomic E-state index is -0.555. The average molecular weight is 885 g/mol. The summed E-state index contributed by atoms with van der Waals surface area (Å²) < 4.78 is -0.555. The highest BCUT2D eigenvalue weighted by Crippen LogP contribution is 2.46. The number of amides is 2. The van der Waals surface area contributed by atoms with E-state index in [4.69, 9.17) is 9.97 Å². The van der Waals surface area contributed by atoms with Crippen LogP contribution in [0.15, 0.2) is 116 Å². The van der Waals surface area contributed by atoms with E-state index in [0.29, 0.717) is 6.54 Å². The fourth-order valence-electron chi connectivity index (χ4n) is 9.03. The highest BCUT2D eigenvalue weighted by molar-refractivity contribution is 14.1. The molecule has 3 saturated heterocycles. The van der Waals surface area contributed by atoms with Crippen molar-refractivity contribution < 1.29 is 9.59 Å². The standard InChI is InChI=1S/C47H49IN8O2/c1-53(2)42(36-11-4-3-5-12-36)45(58)56-28-10-24-47(56,48)46-50-31-40(52-46)35-22-18-33(19-23-35)32-16-20-34(21-17-32)39-30-49-43(51-39)41-15-9-27-55(41)44(57)37-13-8-14-38(29-37)54-25-6-7-26-54/h3-5,8,11-14,16-23,29-31,41-42H,6-7,9-10,15,24-28H2,1-2H3,(H,49,51)(H,50,52)/t41-,42+,47+/m0/s1. The maximum absolute atomic E-state index is 14.1. The number of anilines is 1. The summed E-state index contributed by atoms with van der Waals surface area (Å²) in [5.41, 5.74) is 9.05. The molecule has 3 aliphatic rings. The van der Waals surface area contributed by atoms with E-state index in [1.807, 2.05) is 83.7 Å². The number of aromatic amines is 2. The molecular weight excluding hydrogens is 835 g/mol.